The van der Waals surface area contributed by atoms with Crippen LogP contribution in [0.3, 0.4) is 0 Å². The molecule has 2 heterocycles. The van der Waals surface area contributed by atoms with Crippen LogP contribution in [-0.2, 0) is 12.8 Å². The van der Waals surface area contributed by atoms with Crippen LogP contribution < -0.4 is 10.6 Å². The second kappa shape index (κ2) is 8.21. The topological polar surface area (TPSA) is 71.1 Å². The Hall–Kier alpha value is -2.21. The Bertz CT molecular complexity index is 822. The van der Waals surface area contributed by atoms with Gasteiger partial charge in [-0.3, -0.25) is 14.6 Å². The standard InChI is InChI=1S/C21H27N3O2S/c1-21(2,3)10-12-23-19(26)17-15-8-4-5-9-16(15)27-20(17)24-18(25)14-7-6-11-22-13-14/h6-7,11,13H,4-5,8-10,12H2,1-3H3,(H,23,26)(H,24,25). The van der Waals surface area contributed by atoms with E-state index in [9.17, 15) is 9.59 Å². The number of fused-ring (bicyclic) bond motifs is 1. The molecule has 0 radical (unpaired) electrons. The quantitative estimate of drug-likeness (QED) is 0.799. The Morgan fingerprint density at radius 1 is 1.19 bits per heavy atom. The first-order valence-corrected chi connectivity index (χ1v) is 10.3. The Labute approximate surface area is 164 Å². The van der Waals surface area contributed by atoms with Gasteiger partial charge >= 0.3 is 0 Å². The molecular weight excluding hydrogens is 358 g/mol. The third-order valence-corrected chi connectivity index (χ3v) is 5.92. The Balaban J connectivity index is 1.82. The molecule has 0 atom stereocenters. The predicted molar refractivity (Wildman–Crippen MR) is 110 cm³/mol. The summed E-state index contributed by atoms with van der Waals surface area (Å²) in [6.45, 7) is 7.10. The molecule has 144 valence electrons. The van der Waals surface area contributed by atoms with Gasteiger partial charge in [-0.2, -0.15) is 0 Å². The molecule has 1 aliphatic rings. The molecule has 0 aliphatic heterocycles. The number of rotatable bonds is 5. The molecule has 0 bridgehead atoms. The number of hydrogen-bond acceptors (Lipinski definition) is 4. The Morgan fingerprint density at radius 2 is 1.96 bits per heavy atom. The van der Waals surface area contributed by atoms with E-state index in [-0.39, 0.29) is 17.2 Å². The summed E-state index contributed by atoms with van der Waals surface area (Å²) in [5.41, 5.74) is 2.42. The van der Waals surface area contributed by atoms with E-state index in [2.05, 4.69) is 36.4 Å². The van der Waals surface area contributed by atoms with Crippen LogP contribution in [0.5, 0.6) is 0 Å². The molecule has 27 heavy (non-hydrogen) atoms. The SMILES string of the molecule is CC(C)(C)CCNC(=O)c1c(NC(=O)c2cccnc2)sc2c1CCCC2. The largest absolute Gasteiger partial charge is 0.352 e. The van der Waals surface area contributed by atoms with E-state index >= 15 is 0 Å². The summed E-state index contributed by atoms with van der Waals surface area (Å²) in [6.07, 6.45) is 8.17. The number of nitrogens with zero attached hydrogens (tertiary/aromatic N) is 1. The van der Waals surface area contributed by atoms with Gasteiger partial charge in [0.15, 0.2) is 0 Å². The molecule has 0 unspecified atom stereocenters. The Morgan fingerprint density at radius 3 is 2.67 bits per heavy atom. The van der Waals surface area contributed by atoms with E-state index in [1.165, 1.54) is 22.4 Å². The molecule has 0 saturated carbocycles. The first-order valence-electron chi connectivity index (χ1n) is 9.49. The first-order chi connectivity index (χ1) is 12.8. The number of aromatic nitrogens is 1. The van der Waals surface area contributed by atoms with Gasteiger partial charge in [0.05, 0.1) is 11.1 Å². The van der Waals surface area contributed by atoms with Crippen LogP contribution in [0.1, 0.15) is 71.2 Å². The zero-order valence-corrected chi connectivity index (χ0v) is 17.0. The van der Waals surface area contributed by atoms with Gasteiger partial charge in [0.25, 0.3) is 11.8 Å². The summed E-state index contributed by atoms with van der Waals surface area (Å²) >= 11 is 1.54. The van der Waals surface area contributed by atoms with Crippen LogP contribution in [0.15, 0.2) is 24.5 Å². The van der Waals surface area contributed by atoms with E-state index in [0.29, 0.717) is 22.7 Å². The lowest BCUT2D eigenvalue weighted by Gasteiger charge is -2.18. The number of amides is 2. The summed E-state index contributed by atoms with van der Waals surface area (Å²) in [7, 11) is 0. The minimum atomic E-state index is -0.231. The molecule has 0 fully saturated rings. The molecule has 2 amide bonds. The van der Waals surface area contributed by atoms with Crippen LogP contribution in [-0.4, -0.2) is 23.3 Å². The number of thiophene rings is 1. The molecule has 0 aromatic carbocycles. The first kappa shape index (κ1) is 19.5. The Kier molecular flexibility index (Phi) is 5.95. The van der Waals surface area contributed by atoms with Gasteiger partial charge in [-0.05, 0) is 55.2 Å². The van der Waals surface area contributed by atoms with Gasteiger partial charge in [-0.25, -0.2) is 0 Å². The van der Waals surface area contributed by atoms with Crippen molar-refractivity contribution in [2.45, 2.75) is 52.9 Å². The average molecular weight is 386 g/mol. The van der Waals surface area contributed by atoms with Crippen molar-refractivity contribution in [1.82, 2.24) is 10.3 Å². The van der Waals surface area contributed by atoms with Gasteiger partial charge in [-0.15, -0.1) is 11.3 Å². The van der Waals surface area contributed by atoms with E-state index in [0.717, 1.165) is 37.7 Å². The number of hydrogen-bond donors (Lipinski definition) is 2. The lowest BCUT2D eigenvalue weighted by molar-refractivity contribution is 0.0949. The van der Waals surface area contributed by atoms with Gasteiger partial charge in [0, 0.05) is 23.8 Å². The molecule has 2 aromatic heterocycles. The second-order valence-electron chi connectivity index (χ2n) is 8.18. The summed E-state index contributed by atoms with van der Waals surface area (Å²) in [6, 6.07) is 3.45. The van der Waals surface area contributed by atoms with Crippen molar-refractivity contribution in [2.75, 3.05) is 11.9 Å². The zero-order valence-electron chi connectivity index (χ0n) is 16.2. The zero-order chi connectivity index (χ0) is 19.4. The highest BCUT2D eigenvalue weighted by Crippen LogP contribution is 2.38. The van der Waals surface area contributed by atoms with Crippen molar-refractivity contribution in [1.29, 1.82) is 0 Å². The third-order valence-electron chi connectivity index (χ3n) is 4.71. The lowest BCUT2D eigenvalue weighted by Crippen LogP contribution is -2.29. The van der Waals surface area contributed by atoms with Crippen molar-refractivity contribution in [3.05, 3.63) is 46.1 Å². The minimum absolute atomic E-state index is 0.0832. The number of nitrogens with one attached hydrogen (secondary N) is 2. The highest BCUT2D eigenvalue weighted by molar-refractivity contribution is 7.17. The fraction of sp³-hybridized carbons (Fsp3) is 0.476. The van der Waals surface area contributed by atoms with Crippen LogP contribution in [0, 0.1) is 5.41 Å². The minimum Gasteiger partial charge on any atom is -0.352 e. The van der Waals surface area contributed by atoms with Crippen molar-refractivity contribution >= 4 is 28.2 Å². The number of aryl methyl sites for hydroxylation is 1. The monoisotopic (exact) mass is 385 g/mol. The summed E-state index contributed by atoms with van der Waals surface area (Å²) in [5, 5.41) is 6.66. The second-order valence-corrected chi connectivity index (χ2v) is 9.28. The molecule has 2 aromatic rings. The molecule has 3 rings (SSSR count). The highest BCUT2D eigenvalue weighted by atomic mass is 32.1. The molecule has 0 saturated heterocycles. The molecule has 0 spiro atoms. The summed E-state index contributed by atoms with van der Waals surface area (Å²) in [4.78, 5) is 30.7. The number of anilines is 1. The van der Waals surface area contributed by atoms with Crippen LogP contribution >= 0.6 is 11.3 Å². The van der Waals surface area contributed by atoms with Gasteiger partial charge in [0.2, 0.25) is 0 Å². The maximum absolute atomic E-state index is 12.9. The molecule has 6 heteroatoms. The summed E-state index contributed by atoms with van der Waals surface area (Å²) < 4.78 is 0. The van der Waals surface area contributed by atoms with Crippen molar-refractivity contribution in [2.24, 2.45) is 5.41 Å². The maximum Gasteiger partial charge on any atom is 0.257 e. The summed E-state index contributed by atoms with van der Waals surface area (Å²) in [5.74, 6) is -0.314. The van der Waals surface area contributed by atoms with Crippen molar-refractivity contribution in [3.8, 4) is 0 Å². The average Bonchev–Trinajstić information content (AvgIpc) is 2.99. The fourth-order valence-corrected chi connectivity index (χ4v) is 4.49. The van der Waals surface area contributed by atoms with Gasteiger partial charge in [0.1, 0.15) is 5.00 Å². The highest BCUT2D eigenvalue weighted by Gasteiger charge is 2.26. The molecule has 5 nitrogen and oxygen atoms in total. The van der Waals surface area contributed by atoms with E-state index < -0.39 is 0 Å². The number of pyridine rings is 1. The van der Waals surface area contributed by atoms with Crippen LogP contribution in [0.25, 0.3) is 0 Å². The molecular formula is C21H27N3O2S. The van der Waals surface area contributed by atoms with Gasteiger partial charge < -0.3 is 10.6 Å². The normalized spacial score (nSPS) is 13.7. The van der Waals surface area contributed by atoms with Crippen LogP contribution in [0.4, 0.5) is 5.00 Å². The lowest BCUT2D eigenvalue weighted by atomic mass is 9.92. The van der Waals surface area contributed by atoms with E-state index in [1.807, 2.05) is 0 Å². The predicted octanol–water partition coefficient (Wildman–Crippen LogP) is 4.44. The van der Waals surface area contributed by atoms with E-state index in [4.69, 9.17) is 0 Å². The smallest absolute Gasteiger partial charge is 0.257 e. The van der Waals surface area contributed by atoms with Crippen molar-refractivity contribution in [3.63, 3.8) is 0 Å². The molecule has 2 N–H and O–H groups in total. The number of carbonyl (C=O) groups is 2. The van der Waals surface area contributed by atoms with Crippen molar-refractivity contribution < 1.29 is 9.59 Å². The van der Waals surface area contributed by atoms with Gasteiger partial charge in [-0.1, -0.05) is 20.8 Å². The molecule has 1 aliphatic carbocycles. The van der Waals surface area contributed by atoms with E-state index in [1.54, 1.807) is 18.3 Å². The number of carbonyl (C=O) groups excluding carboxylic acids is 2. The van der Waals surface area contributed by atoms with Crippen LogP contribution in [0.2, 0.25) is 0 Å². The maximum atomic E-state index is 12.9. The fourth-order valence-electron chi connectivity index (χ4n) is 3.21. The third kappa shape index (κ3) is 4.95.